The van der Waals surface area contributed by atoms with E-state index >= 15 is 0 Å². The molecule has 2 fully saturated rings. The van der Waals surface area contributed by atoms with Crippen molar-refractivity contribution in [3.8, 4) is 0 Å². The van der Waals surface area contributed by atoms with Crippen molar-refractivity contribution >= 4 is 17.5 Å². The summed E-state index contributed by atoms with van der Waals surface area (Å²) in [5.41, 5.74) is 1.85. The third-order valence-corrected chi connectivity index (χ3v) is 5.85. The Labute approximate surface area is 171 Å². The standard InChI is InChI=1S/C22H28N4O3/c1-16(2)18-12-19(24(3)23-18)21(28)25-11-7-10-22(14-25)15-26(20(27)13-29-22)17-8-5-4-6-9-17/h4-6,8-9,12,16H,7,10-11,13-15H2,1-3H3. The molecule has 1 spiro atoms. The lowest BCUT2D eigenvalue weighted by molar-refractivity contribution is -0.144. The van der Waals surface area contributed by atoms with Gasteiger partial charge in [-0.25, -0.2) is 0 Å². The van der Waals surface area contributed by atoms with E-state index in [1.165, 1.54) is 0 Å². The molecule has 2 aromatic rings. The van der Waals surface area contributed by atoms with Crippen molar-refractivity contribution in [1.82, 2.24) is 14.7 Å². The number of para-hydroxylation sites is 1. The largest absolute Gasteiger partial charge is 0.361 e. The van der Waals surface area contributed by atoms with E-state index in [0.717, 1.165) is 24.2 Å². The third kappa shape index (κ3) is 3.79. The normalized spacial score (nSPS) is 22.6. The van der Waals surface area contributed by atoms with Gasteiger partial charge in [0, 0.05) is 19.3 Å². The average Bonchev–Trinajstić information content (AvgIpc) is 3.12. The second-order valence-corrected chi connectivity index (χ2v) is 8.35. The number of carbonyl (C=O) groups excluding carboxylic acids is 2. The number of nitrogens with zero attached hydrogens (tertiary/aromatic N) is 4. The van der Waals surface area contributed by atoms with Crippen molar-refractivity contribution in [3.05, 3.63) is 47.8 Å². The lowest BCUT2D eigenvalue weighted by Crippen LogP contribution is -2.62. The second-order valence-electron chi connectivity index (χ2n) is 8.35. The van der Waals surface area contributed by atoms with Crippen LogP contribution in [0.4, 0.5) is 5.69 Å². The van der Waals surface area contributed by atoms with E-state index in [2.05, 4.69) is 18.9 Å². The third-order valence-electron chi connectivity index (χ3n) is 5.85. The first kappa shape index (κ1) is 19.6. The van der Waals surface area contributed by atoms with Gasteiger partial charge in [0.2, 0.25) is 0 Å². The topological polar surface area (TPSA) is 67.7 Å². The van der Waals surface area contributed by atoms with Gasteiger partial charge in [-0.3, -0.25) is 14.3 Å². The molecule has 2 aliphatic heterocycles. The van der Waals surface area contributed by atoms with Gasteiger partial charge in [-0.05, 0) is 37.0 Å². The van der Waals surface area contributed by atoms with Gasteiger partial charge in [0.25, 0.3) is 11.8 Å². The monoisotopic (exact) mass is 396 g/mol. The van der Waals surface area contributed by atoms with Crippen LogP contribution < -0.4 is 4.90 Å². The number of rotatable bonds is 3. The first-order valence-electron chi connectivity index (χ1n) is 10.2. The molecule has 29 heavy (non-hydrogen) atoms. The van der Waals surface area contributed by atoms with Crippen LogP contribution in [0.25, 0.3) is 0 Å². The highest BCUT2D eigenvalue weighted by molar-refractivity contribution is 5.95. The number of morpholine rings is 1. The highest BCUT2D eigenvalue weighted by Gasteiger charge is 2.44. The minimum absolute atomic E-state index is 0.0299. The molecule has 0 N–H and O–H groups in total. The molecule has 2 amide bonds. The number of piperidine rings is 1. The molecule has 7 heteroatoms. The highest BCUT2D eigenvalue weighted by Crippen LogP contribution is 2.32. The Kier molecular flexibility index (Phi) is 5.17. The number of likely N-dealkylation sites (tertiary alicyclic amines) is 1. The Hall–Kier alpha value is -2.67. The molecule has 1 unspecified atom stereocenters. The summed E-state index contributed by atoms with van der Waals surface area (Å²) >= 11 is 0. The Bertz CT molecular complexity index is 908. The molecule has 1 aromatic carbocycles. The Morgan fingerprint density at radius 1 is 1.21 bits per heavy atom. The number of amides is 2. The summed E-state index contributed by atoms with van der Waals surface area (Å²) in [7, 11) is 1.81. The summed E-state index contributed by atoms with van der Waals surface area (Å²) in [4.78, 5) is 29.3. The Morgan fingerprint density at radius 2 is 1.97 bits per heavy atom. The van der Waals surface area contributed by atoms with Crippen LogP contribution >= 0.6 is 0 Å². The molecule has 3 heterocycles. The molecule has 7 nitrogen and oxygen atoms in total. The summed E-state index contributed by atoms with van der Waals surface area (Å²) in [6.45, 7) is 5.80. The van der Waals surface area contributed by atoms with Crippen LogP contribution in [-0.2, 0) is 16.6 Å². The lowest BCUT2D eigenvalue weighted by atomic mass is 9.90. The molecule has 2 saturated heterocycles. The Morgan fingerprint density at radius 3 is 2.66 bits per heavy atom. The smallest absolute Gasteiger partial charge is 0.272 e. The van der Waals surface area contributed by atoms with Gasteiger partial charge >= 0.3 is 0 Å². The van der Waals surface area contributed by atoms with Crippen LogP contribution in [0.1, 0.15) is 48.8 Å². The van der Waals surface area contributed by atoms with Gasteiger partial charge in [-0.15, -0.1) is 0 Å². The fraction of sp³-hybridized carbons (Fsp3) is 0.500. The van der Waals surface area contributed by atoms with Crippen molar-refractivity contribution in [1.29, 1.82) is 0 Å². The number of ether oxygens (including phenoxy) is 1. The van der Waals surface area contributed by atoms with E-state index in [9.17, 15) is 9.59 Å². The highest BCUT2D eigenvalue weighted by atomic mass is 16.5. The molecule has 0 radical (unpaired) electrons. The van der Waals surface area contributed by atoms with Crippen molar-refractivity contribution in [2.24, 2.45) is 7.05 Å². The quantitative estimate of drug-likeness (QED) is 0.800. The molecular weight excluding hydrogens is 368 g/mol. The molecule has 2 aliphatic rings. The van der Waals surface area contributed by atoms with E-state index in [1.54, 1.807) is 9.58 Å². The van der Waals surface area contributed by atoms with Gasteiger partial charge in [-0.1, -0.05) is 32.0 Å². The average molecular weight is 396 g/mol. The van der Waals surface area contributed by atoms with Gasteiger partial charge in [0.05, 0.1) is 18.8 Å². The summed E-state index contributed by atoms with van der Waals surface area (Å²) in [5.74, 6) is 0.193. The van der Waals surface area contributed by atoms with Crippen LogP contribution in [-0.4, -0.2) is 58.3 Å². The summed E-state index contributed by atoms with van der Waals surface area (Å²) in [6, 6.07) is 11.5. The van der Waals surface area contributed by atoms with Gasteiger partial charge in [-0.2, -0.15) is 5.10 Å². The molecular formula is C22H28N4O3. The zero-order valence-corrected chi connectivity index (χ0v) is 17.3. The first-order chi connectivity index (χ1) is 13.9. The molecule has 4 rings (SSSR count). The fourth-order valence-electron chi connectivity index (χ4n) is 4.21. The maximum absolute atomic E-state index is 13.2. The van der Waals surface area contributed by atoms with E-state index in [-0.39, 0.29) is 24.3 Å². The number of aromatic nitrogens is 2. The van der Waals surface area contributed by atoms with Crippen molar-refractivity contribution in [3.63, 3.8) is 0 Å². The van der Waals surface area contributed by atoms with Crippen molar-refractivity contribution < 1.29 is 14.3 Å². The zero-order valence-electron chi connectivity index (χ0n) is 17.3. The lowest BCUT2D eigenvalue weighted by Gasteiger charge is -2.47. The number of benzene rings is 1. The first-order valence-corrected chi connectivity index (χ1v) is 10.2. The van der Waals surface area contributed by atoms with Crippen molar-refractivity contribution in [2.75, 3.05) is 31.1 Å². The van der Waals surface area contributed by atoms with Gasteiger partial charge in [0.1, 0.15) is 17.9 Å². The van der Waals surface area contributed by atoms with Crippen molar-refractivity contribution in [2.45, 2.75) is 38.2 Å². The second kappa shape index (κ2) is 7.63. The summed E-state index contributed by atoms with van der Waals surface area (Å²) in [6.07, 6.45) is 1.67. The predicted molar refractivity (Wildman–Crippen MR) is 110 cm³/mol. The minimum Gasteiger partial charge on any atom is -0.361 e. The number of aryl methyl sites for hydroxylation is 1. The number of anilines is 1. The van der Waals surface area contributed by atoms with Crippen LogP contribution in [0.3, 0.4) is 0 Å². The van der Waals surface area contributed by atoms with E-state index in [1.807, 2.05) is 48.3 Å². The van der Waals surface area contributed by atoms with Crippen LogP contribution in [0.15, 0.2) is 36.4 Å². The molecule has 0 saturated carbocycles. The van der Waals surface area contributed by atoms with Gasteiger partial charge in [0.15, 0.2) is 0 Å². The molecule has 0 bridgehead atoms. The zero-order chi connectivity index (χ0) is 20.6. The summed E-state index contributed by atoms with van der Waals surface area (Å²) < 4.78 is 7.72. The number of hydrogen-bond donors (Lipinski definition) is 0. The molecule has 1 aromatic heterocycles. The maximum atomic E-state index is 13.2. The van der Waals surface area contributed by atoms with E-state index in [0.29, 0.717) is 25.3 Å². The molecule has 0 aliphatic carbocycles. The number of carbonyl (C=O) groups is 2. The fourth-order valence-corrected chi connectivity index (χ4v) is 4.21. The van der Waals surface area contributed by atoms with E-state index < -0.39 is 5.60 Å². The number of hydrogen-bond acceptors (Lipinski definition) is 4. The van der Waals surface area contributed by atoms with E-state index in [4.69, 9.17) is 4.74 Å². The SMILES string of the molecule is CC(C)c1cc(C(=O)N2CCCC3(C2)CN(c2ccccc2)C(=O)CO3)n(C)n1. The Balaban J connectivity index is 1.54. The van der Waals surface area contributed by atoms with Crippen LogP contribution in [0.5, 0.6) is 0 Å². The molecule has 154 valence electrons. The van der Waals surface area contributed by atoms with Crippen LogP contribution in [0, 0.1) is 0 Å². The van der Waals surface area contributed by atoms with Crippen LogP contribution in [0.2, 0.25) is 0 Å². The summed E-state index contributed by atoms with van der Waals surface area (Å²) in [5, 5.41) is 4.48. The predicted octanol–water partition coefficient (Wildman–Crippen LogP) is 2.58. The minimum atomic E-state index is -0.531. The maximum Gasteiger partial charge on any atom is 0.272 e. The van der Waals surface area contributed by atoms with Gasteiger partial charge < -0.3 is 14.5 Å². The molecule has 1 atom stereocenters.